The van der Waals surface area contributed by atoms with Crippen molar-refractivity contribution < 1.29 is 13.9 Å². The number of hydrogen-bond donors (Lipinski definition) is 0. The molecule has 2 nitrogen and oxygen atoms in total. The van der Waals surface area contributed by atoms with E-state index in [1.54, 1.807) is 6.07 Å². The molecule has 94 valence electrons. The second-order valence-electron chi connectivity index (χ2n) is 3.90. The van der Waals surface area contributed by atoms with E-state index in [4.69, 9.17) is 21.1 Å². The zero-order valence-corrected chi connectivity index (χ0v) is 11.7. The van der Waals surface area contributed by atoms with Crippen LogP contribution < -0.4 is 4.74 Å². The van der Waals surface area contributed by atoms with Crippen molar-refractivity contribution in [3.8, 4) is 5.75 Å². The summed E-state index contributed by atoms with van der Waals surface area (Å²) in [4.78, 5) is 0. The van der Waals surface area contributed by atoms with Crippen LogP contribution in [0.2, 0.25) is 0 Å². The standard InChI is InChI=1S/C12H13BrClFO2/c1-2-16-12-9(14)6-11(12)17-10-4-3-7(15)5-8(10)13/h3-5,9,11-12H,2,6H2,1H3. The highest BCUT2D eigenvalue weighted by Gasteiger charge is 2.42. The van der Waals surface area contributed by atoms with Crippen molar-refractivity contribution in [1.29, 1.82) is 0 Å². The van der Waals surface area contributed by atoms with Crippen LogP contribution in [0.25, 0.3) is 0 Å². The molecule has 1 aliphatic rings. The molecule has 0 N–H and O–H groups in total. The Balaban J connectivity index is 2.01. The van der Waals surface area contributed by atoms with Gasteiger partial charge in [0.2, 0.25) is 0 Å². The fourth-order valence-corrected chi connectivity index (χ4v) is 2.64. The predicted molar refractivity (Wildman–Crippen MR) is 68.2 cm³/mol. The van der Waals surface area contributed by atoms with Crippen molar-refractivity contribution in [3.63, 3.8) is 0 Å². The molecule has 0 amide bonds. The molecule has 2 rings (SSSR count). The lowest BCUT2D eigenvalue weighted by Crippen LogP contribution is -2.52. The zero-order valence-electron chi connectivity index (χ0n) is 9.33. The molecule has 17 heavy (non-hydrogen) atoms. The first kappa shape index (κ1) is 13.1. The Kier molecular flexibility index (Phi) is 4.28. The summed E-state index contributed by atoms with van der Waals surface area (Å²) >= 11 is 9.31. The summed E-state index contributed by atoms with van der Waals surface area (Å²) in [6, 6.07) is 4.35. The number of hydrogen-bond acceptors (Lipinski definition) is 2. The molecule has 0 saturated heterocycles. The molecule has 1 aromatic rings. The highest BCUT2D eigenvalue weighted by atomic mass is 79.9. The molecule has 3 atom stereocenters. The fourth-order valence-electron chi connectivity index (χ4n) is 1.78. The van der Waals surface area contributed by atoms with Gasteiger partial charge in [-0.3, -0.25) is 0 Å². The van der Waals surface area contributed by atoms with Crippen LogP contribution in [0.3, 0.4) is 0 Å². The molecule has 0 radical (unpaired) electrons. The number of benzene rings is 1. The molecule has 0 bridgehead atoms. The molecular weight excluding hydrogens is 310 g/mol. The topological polar surface area (TPSA) is 18.5 Å². The van der Waals surface area contributed by atoms with Gasteiger partial charge in [-0.2, -0.15) is 0 Å². The summed E-state index contributed by atoms with van der Waals surface area (Å²) in [5.74, 6) is 0.319. The van der Waals surface area contributed by atoms with E-state index in [2.05, 4.69) is 15.9 Å². The molecule has 5 heteroatoms. The SMILES string of the molecule is CCOC1C(Cl)CC1Oc1ccc(F)cc1Br. The lowest BCUT2D eigenvalue weighted by Gasteiger charge is -2.40. The largest absolute Gasteiger partial charge is 0.486 e. The molecule has 1 fully saturated rings. The van der Waals surface area contributed by atoms with Crippen LogP contribution in [-0.4, -0.2) is 24.2 Å². The first-order chi connectivity index (χ1) is 8.11. The van der Waals surface area contributed by atoms with Gasteiger partial charge in [0.05, 0.1) is 9.85 Å². The monoisotopic (exact) mass is 322 g/mol. The normalized spacial score (nSPS) is 27.6. The summed E-state index contributed by atoms with van der Waals surface area (Å²) in [5, 5.41) is -0.000765. The quantitative estimate of drug-likeness (QED) is 0.786. The molecule has 0 aliphatic heterocycles. The van der Waals surface area contributed by atoms with Gasteiger partial charge in [0.25, 0.3) is 0 Å². The van der Waals surface area contributed by atoms with E-state index in [0.29, 0.717) is 16.8 Å². The summed E-state index contributed by atoms with van der Waals surface area (Å²) in [7, 11) is 0. The summed E-state index contributed by atoms with van der Waals surface area (Å²) in [5.41, 5.74) is 0. The maximum atomic E-state index is 12.9. The zero-order chi connectivity index (χ0) is 12.4. The predicted octanol–water partition coefficient (Wildman–Crippen LogP) is 3.75. The van der Waals surface area contributed by atoms with Crippen LogP contribution in [0, 0.1) is 5.82 Å². The first-order valence-electron chi connectivity index (χ1n) is 5.49. The summed E-state index contributed by atoms with van der Waals surface area (Å²) < 4.78 is 24.8. The van der Waals surface area contributed by atoms with E-state index in [1.807, 2.05) is 6.92 Å². The minimum atomic E-state index is -0.297. The third-order valence-electron chi connectivity index (χ3n) is 2.71. The summed E-state index contributed by atoms with van der Waals surface area (Å²) in [6.45, 7) is 2.53. The third-order valence-corrected chi connectivity index (χ3v) is 3.76. The van der Waals surface area contributed by atoms with Crippen LogP contribution in [0.4, 0.5) is 4.39 Å². The molecular formula is C12H13BrClFO2. The molecule has 3 unspecified atom stereocenters. The Labute approximate surface area is 113 Å². The number of ether oxygens (including phenoxy) is 2. The van der Waals surface area contributed by atoms with E-state index in [-0.39, 0.29) is 23.4 Å². The van der Waals surface area contributed by atoms with Gasteiger partial charge in [-0.15, -0.1) is 11.6 Å². The van der Waals surface area contributed by atoms with Crippen molar-refractivity contribution in [1.82, 2.24) is 0 Å². The van der Waals surface area contributed by atoms with Crippen LogP contribution in [0.5, 0.6) is 5.75 Å². The first-order valence-corrected chi connectivity index (χ1v) is 6.72. The van der Waals surface area contributed by atoms with Crippen molar-refractivity contribution in [3.05, 3.63) is 28.5 Å². The molecule has 0 heterocycles. The van der Waals surface area contributed by atoms with Crippen molar-refractivity contribution >= 4 is 27.5 Å². The Morgan fingerprint density at radius 2 is 2.29 bits per heavy atom. The molecule has 1 aromatic carbocycles. The van der Waals surface area contributed by atoms with Crippen molar-refractivity contribution in [2.45, 2.75) is 30.9 Å². The highest BCUT2D eigenvalue weighted by Crippen LogP contribution is 2.35. The summed E-state index contributed by atoms with van der Waals surface area (Å²) in [6.07, 6.45) is 0.605. The second-order valence-corrected chi connectivity index (χ2v) is 5.32. The van der Waals surface area contributed by atoms with Gasteiger partial charge >= 0.3 is 0 Å². The van der Waals surface area contributed by atoms with Crippen LogP contribution in [0.15, 0.2) is 22.7 Å². The Hall–Kier alpha value is -0.320. The number of halogens is 3. The van der Waals surface area contributed by atoms with Crippen molar-refractivity contribution in [2.24, 2.45) is 0 Å². The lowest BCUT2D eigenvalue weighted by atomic mass is 9.91. The Morgan fingerprint density at radius 3 is 2.88 bits per heavy atom. The fraction of sp³-hybridized carbons (Fsp3) is 0.500. The average Bonchev–Trinajstić information content (AvgIpc) is 2.28. The average molecular weight is 324 g/mol. The number of rotatable bonds is 4. The minimum absolute atomic E-state index is 0.000765. The van der Waals surface area contributed by atoms with Gasteiger partial charge in [-0.05, 0) is 41.1 Å². The van der Waals surface area contributed by atoms with Crippen LogP contribution in [0.1, 0.15) is 13.3 Å². The maximum Gasteiger partial charge on any atom is 0.134 e. The Morgan fingerprint density at radius 1 is 1.53 bits per heavy atom. The van der Waals surface area contributed by atoms with E-state index >= 15 is 0 Å². The maximum absolute atomic E-state index is 12.9. The van der Waals surface area contributed by atoms with E-state index < -0.39 is 0 Å². The highest BCUT2D eigenvalue weighted by molar-refractivity contribution is 9.10. The van der Waals surface area contributed by atoms with Gasteiger partial charge in [-0.1, -0.05) is 0 Å². The van der Waals surface area contributed by atoms with Crippen LogP contribution in [-0.2, 0) is 4.74 Å². The van der Waals surface area contributed by atoms with Gasteiger partial charge in [0, 0.05) is 13.0 Å². The second kappa shape index (κ2) is 5.55. The third kappa shape index (κ3) is 2.92. The van der Waals surface area contributed by atoms with Gasteiger partial charge in [-0.25, -0.2) is 4.39 Å². The molecule has 0 aromatic heterocycles. The lowest BCUT2D eigenvalue weighted by molar-refractivity contribution is -0.0762. The smallest absolute Gasteiger partial charge is 0.134 e. The van der Waals surface area contributed by atoms with Crippen molar-refractivity contribution in [2.75, 3.05) is 6.61 Å². The van der Waals surface area contributed by atoms with E-state index in [0.717, 1.165) is 6.42 Å². The molecule has 0 spiro atoms. The van der Waals surface area contributed by atoms with E-state index in [1.165, 1.54) is 12.1 Å². The minimum Gasteiger partial charge on any atom is -0.486 e. The molecule has 1 saturated carbocycles. The van der Waals surface area contributed by atoms with Crippen LogP contribution >= 0.6 is 27.5 Å². The van der Waals surface area contributed by atoms with Gasteiger partial charge in [0.15, 0.2) is 0 Å². The van der Waals surface area contributed by atoms with E-state index in [9.17, 15) is 4.39 Å². The Bertz CT molecular complexity index is 402. The van der Waals surface area contributed by atoms with Gasteiger partial charge in [0.1, 0.15) is 23.8 Å². The number of alkyl halides is 1. The van der Waals surface area contributed by atoms with Gasteiger partial charge < -0.3 is 9.47 Å². The molecule has 1 aliphatic carbocycles.